The normalized spacial score (nSPS) is 10.8. The van der Waals surface area contributed by atoms with Crippen molar-refractivity contribution in [1.82, 2.24) is 4.98 Å². The van der Waals surface area contributed by atoms with Crippen LogP contribution in [-0.2, 0) is 6.54 Å². The molecule has 21 heavy (non-hydrogen) atoms. The molecule has 1 aromatic heterocycles. The van der Waals surface area contributed by atoms with Crippen LogP contribution in [0.5, 0.6) is 0 Å². The second kappa shape index (κ2) is 5.88. The zero-order valence-electron chi connectivity index (χ0n) is 10.9. The summed E-state index contributed by atoms with van der Waals surface area (Å²) in [4.78, 5) is 4.28. The van der Waals surface area contributed by atoms with E-state index in [4.69, 9.17) is 23.2 Å². The molecule has 0 radical (unpaired) electrons. The molecule has 2 nitrogen and oxygen atoms in total. The second-order valence-electron chi connectivity index (χ2n) is 4.62. The lowest BCUT2D eigenvalue weighted by Gasteiger charge is -2.10. The Morgan fingerprint density at radius 2 is 1.71 bits per heavy atom. The molecule has 0 fully saturated rings. The Labute approximate surface area is 131 Å². The van der Waals surface area contributed by atoms with E-state index in [2.05, 4.69) is 10.3 Å². The first kappa shape index (κ1) is 14.1. The molecule has 3 aromatic rings. The molecule has 2 aromatic carbocycles. The molecule has 1 heterocycles. The number of anilines is 1. The fourth-order valence-corrected chi connectivity index (χ4v) is 2.42. The van der Waals surface area contributed by atoms with Crippen LogP contribution in [0.25, 0.3) is 10.9 Å². The first-order valence-electron chi connectivity index (χ1n) is 6.35. The predicted molar refractivity (Wildman–Crippen MR) is 85.5 cm³/mol. The van der Waals surface area contributed by atoms with Crippen LogP contribution in [0.3, 0.4) is 0 Å². The van der Waals surface area contributed by atoms with Crippen molar-refractivity contribution in [3.8, 4) is 0 Å². The summed E-state index contributed by atoms with van der Waals surface area (Å²) in [6.45, 7) is 0.583. The minimum Gasteiger partial charge on any atom is -0.380 e. The third-order valence-electron chi connectivity index (χ3n) is 3.18. The Bertz CT molecular complexity index is 788. The second-order valence-corrected chi connectivity index (χ2v) is 5.44. The Balaban J connectivity index is 1.90. The van der Waals surface area contributed by atoms with Crippen LogP contribution >= 0.6 is 23.2 Å². The van der Waals surface area contributed by atoms with Crippen LogP contribution in [0.2, 0.25) is 10.0 Å². The third-order valence-corrected chi connectivity index (χ3v) is 3.90. The van der Waals surface area contributed by atoms with Gasteiger partial charge in [-0.25, -0.2) is 4.39 Å². The molecule has 0 unspecified atom stereocenters. The number of fused-ring (bicyclic) bond motifs is 1. The Morgan fingerprint density at radius 3 is 2.48 bits per heavy atom. The van der Waals surface area contributed by atoms with E-state index in [9.17, 15) is 4.39 Å². The minimum atomic E-state index is -0.241. The molecule has 0 saturated heterocycles. The highest BCUT2D eigenvalue weighted by atomic mass is 35.5. The predicted octanol–water partition coefficient (Wildman–Crippen LogP) is 5.29. The average molecular weight is 321 g/mol. The third kappa shape index (κ3) is 3.09. The maximum atomic E-state index is 12.9. The number of pyridine rings is 1. The van der Waals surface area contributed by atoms with Crippen molar-refractivity contribution in [1.29, 1.82) is 0 Å². The fourth-order valence-electron chi connectivity index (χ4n) is 2.09. The van der Waals surface area contributed by atoms with Crippen molar-refractivity contribution < 1.29 is 4.39 Å². The van der Waals surface area contributed by atoms with E-state index in [1.54, 1.807) is 30.5 Å². The van der Waals surface area contributed by atoms with Gasteiger partial charge in [0.05, 0.1) is 15.6 Å². The van der Waals surface area contributed by atoms with Crippen LogP contribution in [0.1, 0.15) is 5.56 Å². The standard InChI is InChI=1S/C16H11Cl2FN2/c17-13-7-12-15(5-6-20-16(12)8-14(13)18)21-9-10-1-3-11(19)4-2-10/h1-8H,9H2,(H,20,21). The van der Waals surface area contributed by atoms with Gasteiger partial charge in [-0.3, -0.25) is 4.98 Å². The number of rotatable bonds is 3. The molecule has 0 aliphatic heterocycles. The van der Waals surface area contributed by atoms with E-state index < -0.39 is 0 Å². The van der Waals surface area contributed by atoms with Crippen LogP contribution < -0.4 is 5.32 Å². The Morgan fingerprint density at radius 1 is 1.00 bits per heavy atom. The van der Waals surface area contributed by atoms with Crippen LogP contribution in [0.4, 0.5) is 10.1 Å². The highest BCUT2D eigenvalue weighted by Crippen LogP contribution is 2.30. The smallest absolute Gasteiger partial charge is 0.123 e. The number of hydrogen-bond acceptors (Lipinski definition) is 2. The number of aromatic nitrogens is 1. The summed E-state index contributed by atoms with van der Waals surface area (Å²) >= 11 is 12.1. The molecule has 0 aliphatic carbocycles. The van der Waals surface area contributed by atoms with Gasteiger partial charge >= 0.3 is 0 Å². The largest absolute Gasteiger partial charge is 0.380 e. The number of halogens is 3. The van der Waals surface area contributed by atoms with Crippen molar-refractivity contribution in [3.05, 3.63) is 70.1 Å². The van der Waals surface area contributed by atoms with Gasteiger partial charge in [0, 0.05) is 23.8 Å². The number of nitrogens with one attached hydrogen (secondary N) is 1. The van der Waals surface area contributed by atoms with Crippen LogP contribution in [0, 0.1) is 5.82 Å². The van der Waals surface area contributed by atoms with Crippen molar-refractivity contribution in [2.45, 2.75) is 6.54 Å². The van der Waals surface area contributed by atoms with Gasteiger partial charge in [0.25, 0.3) is 0 Å². The Hall–Kier alpha value is -1.84. The van der Waals surface area contributed by atoms with Crippen molar-refractivity contribution >= 4 is 39.8 Å². The molecule has 0 atom stereocenters. The van der Waals surface area contributed by atoms with Gasteiger partial charge in [-0.15, -0.1) is 0 Å². The van der Waals surface area contributed by atoms with E-state index in [0.29, 0.717) is 16.6 Å². The van der Waals surface area contributed by atoms with E-state index in [0.717, 1.165) is 22.2 Å². The summed E-state index contributed by atoms with van der Waals surface area (Å²) in [5, 5.41) is 5.17. The minimum absolute atomic E-state index is 0.241. The first-order chi connectivity index (χ1) is 10.1. The SMILES string of the molecule is Fc1ccc(CNc2ccnc3cc(Cl)c(Cl)cc23)cc1. The van der Waals surface area contributed by atoms with E-state index >= 15 is 0 Å². The van der Waals surface area contributed by atoms with Gasteiger partial charge in [0.2, 0.25) is 0 Å². The van der Waals surface area contributed by atoms with E-state index in [1.807, 2.05) is 6.07 Å². The lowest BCUT2D eigenvalue weighted by atomic mass is 10.1. The monoisotopic (exact) mass is 320 g/mol. The number of hydrogen-bond donors (Lipinski definition) is 1. The van der Waals surface area contributed by atoms with Crippen LogP contribution in [0.15, 0.2) is 48.7 Å². The van der Waals surface area contributed by atoms with Crippen molar-refractivity contribution in [2.24, 2.45) is 0 Å². The van der Waals surface area contributed by atoms with E-state index in [1.165, 1.54) is 12.1 Å². The molecule has 0 amide bonds. The van der Waals surface area contributed by atoms with Crippen molar-refractivity contribution in [3.63, 3.8) is 0 Å². The summed E-state index contributed by atoms with van der Waals surface area (Å²) in [6.07, 6.45) is 1.71. The Kier molecular flexibility index (Phi) is 3.95. The molecule has 0 bridgehead atoms. The lowest BCUT2D eigenvalue weighted by Crippen LogP contribution is -2.00. The number of nitrogens with zero attached hydrogens (tertiary/aromatic N) is 1. The molecule has 1 N–H and O–H groups in total. The summed E-state index contributed by atoms with van der Waals surface area (Å²) in [6, 6.07) is 11.8. The topological polar surface area (TPSA) is 24.9 Å². The first-order valence-corrected chi connectivity index (χ1v) is 7.11. The quantitative estimate of drug-likeness (QED) is 0.709. The van der Waals surface area contributed by atoms with Gasteiger partial charge in [-0.05, 0) is 35.9 Å². The fraction of sp³-hybridized carbons (Fsp3) is 0.0625. The van der Waals surface area contributed by atoms with Gasteiger partial charge in [-0.2, -0.15) is 0 Å². The van der Waals surface area contributed by atoms with E-state index in [-0.39, 0.29) is 5.82 Å². The maximum Gasteiger partial charge on any atom is 0.123 e. The molecule has 3 rings (SSSR count). The molecular weight excluding hydrogens is 310 g/mol. The van der Waals surface area contributed by atoms with Gasteiger partial charge in [0.1, 0.15) is 5.82 Å². The summed E-state index contributed by atoms with van der Waals surface area (Å²) < 4.78 is 12.9. The highest BCUT2D eigenvalue weighted by Gasteiger charge is 2.06. The molecule has 0 aliphatic rings. The van der Waals surface area contributed by atoms with Gasteiger partial charge < -0.3 is 5.32 Å². The number of benzene rings is 2. The van der Waals surface area contributed by atoms with Crippen molar-refractivity contribution in [2.75, 3.05) is 5.32 Å². The van der Waals surface area contributed by atoms with Gasteiger partial charge in [0.15, 0.2) is 0 Å². The maximum absolute atomic E-state index is 12.9. The lowest BCUT2D eigenvalue weighted by molar-refractivity contribution is 0.627. The summed E-state index contributed by atoms with van der Waals surface area (Å²) in [7, 11) is 0. The molecule has 0 spiro atoms. The molecule has 5 heteroatoms. The summed E-state index contributed by atoms with van der Waals surface area (Å²) in [5.41, 5.74) is 2.66. The molecular formula is C16H11Cl2FN2. The zero-order valence-corrected chi connectivity index (χ0v) is 12.4. The molecule has 106 valence electrons. The summed E-state index contributed by atoms with van der Waals surface area (Å²) in [5.74, 6) is -0.241. The van der Waals surface area contributed by atoms with Crippen LogP contribution in [-0.4, -0.2) is 4.98 Å². The van der Waals surface area contributed by atoms with Gasteiger partial charge in [-0.1, -0.05) is 35.3 Å². The zero-order chi connectivity index (χ0) is 14.8. The highest BCUT2D eigenvalue weighted by molar-refractivity contribution is 6.42. The average Bonchev–Trinajstić information content (AvgIpc) is 2.48. The molecule has 0 saturated carbocycles.